The van der Waals surface area contributed by atoms with Gasteiger partial charge in [0, 0.05) is 29.7 Å². The van der Waals surface area contributed by atoms with Gasteiger partial charge in [-0.05, 0) is 29.3 Å². The quantitative estimate of drug-likeness (QED) is 0.288. The molecule has 3 rings (SSSR count). The topological polar surface area (TPSA) is 102 Å². The summed E-state index contributed by atoms with van der Waals surface area (Å²) in [5.74, 6) is 0.546. The Kier molecular flexibility index (Phi) is 7.14. The molecule has 0 atom stereocenters. The predicted octanol–water partition coefficient (Wildman–Crippen LogP) is 3.95. The Hall–Kier alpha value is -3.70. The number of carbonyl (C=O) groups is 1. The summed E-state index contributed by atoms with van der Waals surface area (Å²) in [4.78, 5) is 12.7. The van der Waals surface area contributed by atoms with E-state index in [1.54, 1.807) is 30.3 Å². The van der Waals surface area contributed by atoms with E-state index < -0.39 is 0 Å². The number of Topliss-reactive ketones (excluding diaryl/α,β-unsaturated/α-hetero) is 1. The molecule has 0 aliphatic heterocycles. The highest BCUT2D eigenvalue weighted by molar-refractivity contribution is 5.99. The Balaban J connectivity index is 1.77. The number of nitrogen functional groups attached to an aromatic ring is 1. The molecule has 0 saturated heterocycles. The number of benzene rings is 3. The van der Waals surface area contributed by atoms with E-state index in [9.17, 15) is 4.79 Å². The van der Waals surface area contributed by atoms with Crippen molar-refractivity contribution in [2.75, 3.05) is 6.54 Å². The van der Waals surface area contributed by atoms with E-state index >= 15 is 0 Å². The van der Waals surface area contributed by atoms with E-state index in [1.165, 1.54) is 0 Å². The van der Waals surface area contributed by atoms with Gasteiger partial charge in [0.25, 0.3) is 0 Å². The minimum absolute atomic E-state index is 0.0165. The van der Waals surface area contributed by atoms with Crippen LogP contribution >= 0.6 is 0 Å². The lowest BCUT2D eigenvalue weighted by molar-refractivity contribution is 0.0991. The third-order valence-electron chi connectivity index (χ3n) is 4.64. The van der Waals surface area contributed by atoms with Gasteiger partial charge in [-0.2, -0.15) is 0 Å². The van der Waals surface area contributed by atoms with E-state index in [0.717, 1.165) is 11.1 Å². The second-order valence-electron chi connectivity index (χ2n) is 6.87. The first-order chi connectivity index (χ1) is 14.6. The number of rotatable bonds is 9. The van der Waals surface area contributed by atoms with Gasteiger partial charge in [0.2, 0.25) is 0 Å². The molecule has 0 aromatic heterocycles. The largest absolute Gasteiger partial charge is 0.489 e. The molecule has 0 amide bonds. The molecule has 0 spiro atoms. The first-order valence-corrected chi connectivity index (χ1v) is 9.70. The second kappa shape index (κ2) is 10.2. The number of hydrogen-bond acceptors (Lipinski definition) is 4. The van der Waals surface area contributed by atoms with Crippen LogP contribution in [0.25, 0.3) is 6.08 Å². The fourth-order valence-corrected chi connectivity index (χ4v) is 3.02. The summed E-state index contributed by atoms with van der Waals surface area (Å²) in [5, 5.41) is 7.69. The lowest BCUT2D eigenvalue weighted by atomic mass is 10.00. The van der Waals surface area contributed by atoms with Crippen molar-refractivity contribution in [2.24, 2.45) is 11.5 Å². The van der Waals surface area contributed by atoms with Crippen LogP contribution in [-0.2, 0) is 13.0 Å². The first-order valence-electron chi connectivity index (χ1n) is 9.70. The van der Waals surface area contributed by atoms with Crippen molar-refractivity contribution in [3.8, 4) is 5.75 Å². The van der Waals surface area contributed by atoms with Crippen molar-refractivity contribution in [1.82, 2.24) is 0 Å². The molecular weight excluding hydrogens is 374 g/mol. The molecule has 30 heavy (non-hydrogen) atoms. The van der Waals surface area contributed by atoms with Crippen molar-refractivity contribution in [3.63, 3.8) is 0 Å². The van der Waals surface area contributed by atoms with Gasteiger partial charge in [0.15, 0.2) is 5.78 Å². The number of hydrogen-bond donors (Lipinski definition) is 3. The van der Waals surface area contributed by atoms with Gasteiger partial charge < -0.3 is 16.2 Å². The number of ether oxygens (including phenoxy) is 1. The molecular formula is C25H25N3O2. The van der Waals surface area contributed by atoms with E-state index in [0.29, 0.717) is 35.6 Å². The smallest absolute Gasteiger partial charge is 0.167 e. The summed E-state index contributed by atoms with van der Waals surface area (Å²) in [6.07, 6.45) is 4.04. The number of nitrogens with two attached hydrogens (primary N) is 2. The predicted molar refractivity (Wildman–Crippen MR) is 121 cm³/mol. The van der Waals surface area contributed by atoms with Gasteiger partial charge in [-0.3, -0.25) is 10.2 Å². The molecule has 152 valence electrons. The zero-order chi connectivity index (χ0) is 21.3. The maximum absolute atomic E-state index is 12.7. The highest BCUT2D eigenvalue weighted by Crippen LogP contribution is 2.24. The lowest BCUT2D eigenvalue weighted by Crippen LogP contribution is -2.13. The van der Waals surface area contributed by atoms with Crippen LogP contribution in [0.1, 0.15) is 32.6 Å². The molecule has 0 saturated carbocycles. The Morgan fingerprint density at radius 3 is 2.37 bits per heavy atom. The van der Waals surface area contributed by atoms with Crippen LogP contribution in [0, 0.1) is 5.41 Å². The molecule has 0 aliphatic carbocycles. The summed E-state index contributed by atoms with van der Waals surface area (Å²) in [5.41, 5.74) is 15.1. The van der Waals surface area contributed by atoms with E-state index in [-0.39, 0.29) is 18.0 Å². The fourth-order valence-electron chi connectivity index (χ4n) is 3.02. The number of amidine groups is 1. The monoisotopic (exact) mass is 399 g/mol. The van der Waals surface area contributed by atoms with Gasteiger partial charge in [0.05, 0.1) is 0 Å². The van der Waals surface area contributed by atoms with Gasteiger partial charge in [-0.15, -0.1) is 0 Å². The Bertz CT molecular complexity index is 1040. The number of nitrogens with one attached hydrogen (secondary N) is 1. The molecule has 5 N–H and O–H groups in total. The Morgan fingerprint density at radius 2 is 1.70 bits per heavy atom. The zero-order valence-corrected chi connectivity index (χ0v) is 16.7. The molecule has 0 unspecified atom stereocenters. The Morgan fingerprint density at radius 1 is 0.967 bits per heavy atom. The van der Waals surface area contributed by atoms with E-state index in [4.69, 9.17) is 21.6 Å². The SMILES string of the molecule is N=C(N)c1ccc(OCc2ccc(C=CCN)cc2)c(CC(=O)c2ccccc2)c1. The molecule has 3 aromatic carbocycles. The average Bonchev–Trinajstić information content (AvgIpc) is 2.78. The normalized spacial score (nSPS) is 10.8. The van der Waals surface area contributed by atoms with Crippen LogP contribution in [0.15, 0.2) is 78.9 Å². The lowest BCUT2D eigenvalue weighted by Gasteiger charge is -2.13. The molecule has 0 aliphatic rings. The number of ketones is 1. The van der Waals surface area contributed by atoms with Crippen LogP contribution in [0.5, 0.6) is 5.75 Å². The van der Waals surface area contributed by atoms with Gasteiger partial charge in [0.1, 0.15) is 18.2 Å². The average molecular weight is 399 g/mol. The van der Waals surface area contributed by atoms with Gasteiger partial charge in [-0.1, -0.05) is 66.7 Å². The summed E-state index contributed by atoms with van der Waals surface area (Å²) in [6.45, 7) is 0.873. The van der Waals surface area contributed by atoms with E-state index in [1.807, 2.05) is 54.6 Å². The maximum atomic E-state index is 12.7. The highest BCUT2D eigenvalue weighted by atomic mass is 16.5. The summed E-state index contributed by atoms with van der Waals surface area (Å²) < 4.78 is 6.01. The molecule has 5 nitrogen and oxygen atoms in total. The van der Waals surface area contributed by atoms with Gasteiger partial charge in [-0.25, -0.2) is 0 Å². The fraction of sp³-hybridized carbons (Fsp3) is 0.120. The van der Waals surface area contributed by atoms with Crippen LogP contribution < -0.4 is 16.2 Å². The minimum atomic E-state index is -0.0453. The Labute approximate surface area is 176 Å². The standard InChI is InChI=1S/C25H25N3O2/c26-14-4-5-18-8-10-19(11-9-18)17-30-24-13-12-21(25(27)28)15-22(24)16-23(29)20-6-2-1-3-7-20/h1-13,15H,14,16-17,26H2,(H3,27,28). The summed E-state index contributed by atoms with van der Waals surface area (Å²) in [7, 11) is 0. The van der Waals surface area contributed by atoms with Crippen LogP contribution in [0.4, 0.5) is 0 Å². The molecule has 5 heteroatoms. The maximum Gasteiger partial charge on any atom is 0.167 e. The first kappa shape index (κ1) is 21.0. The molecule has 0 bridgehead atoms. The third kappa shape index (κ3) is 5.65. The van der Waals surface area contributed by atoms with Crippen molar-refractivity contribution in [2.45, 2.75) is 13.0 Å². The summed E-state index contributed by atoms with van der Waals surface area (Å²) in [6, 6.07) is 22.4. The van der Waals surface area contributed by atoms with Crippen LogP contribution in [0.3, 0.4) is 0 Å². The van der Waals surface area contributed by atoms with E-state index in [2.05, 4.69) is 0 Å². The zero-order valence-electron chi connectivity index (χ0n) is 16.7. The van der Waals surface area contributed by atoms with Crippen LogP contribution in [0.2, 0.25) is 0 Å². The third-order valence-corrected chi connectivity index (χ3v) is 4.64. The van der Waals surface area contributed by atoms with Crippen molar-refractivity contribution < 1.29 is 9.53 Å². The molecule has 3 aromatic rings. The van der Waals surface area contributed by atoms with Crippen LogP contribution in [-0.4, -0.2) is 18.2 Å². The molecule has 0 radical (unpaired) electrons. The number of carbonyl (C=O) groups excluding carboxylic acids is 1. The highest BCUT2D eigenvalue weighted by Gasteiger charge is 2.13. The van der Waals surface area contributed by atoms with Crippen molar-refractivity contribution >= 4 is 17.7 Å². The minimum Gasteiger partial charge on any atom is -0.489 e. The van der Waals surface area contributed by atoms with Crippen molar-refractivity contribution in [3.05, 3.63) is 107 Å². The van der Waals surface area contributed by atoms with Crippen molar-refractivity contribution in [1.29, 1.82) is 5.41 Å². The van der Waals surface area contributed by atoms with Gasteiger partial charge >= 0.3 is 0 Å². The second-order valence-corrected chi connectivity index (χ2v) is 6.87. The molecule has 0 fully saturated rings. The summed E-state index contributed by atoms with van der Waals surface area (Å²) >= 11 is 0. The molecule has 0 heterocycles.